The van der Waals surface area contributed by atoms with E-state index in [0.29, 0.717) is 23.4 Å². The number of nitrogen functional groups attached to an aromatic ring is 1. The first-order chi connectivity index (χ1) is 12.3. The predicted molar refractivity (Wildman–Crippen MR) is 96.7 cm³/mol. The minimum absolute atomic E-state index is 0.00730. The molecule has 132 valence electrons. The summed E-state index contributed by atoms with van der Waals surface area (Å²) < 4.78 is 0. The first-order valence-electron chi connectivity index (χ1n) is 7.98. The summed E-state index contributed by atoms with van der Waals surface area (Å²) in [4.78, 5) is 29.0. The Morgan fingerprint density at radius 2 is 2.12 bits per heavy atom. The summed E-state index contributed by atoms with van der Waals surface area (Å²) in [6.07, 6.45) is 0.274. The Labute approximate surface area is 150 Å². The van der Waals surface area contributed by atoms with Gasteiger partial charge in [-0.3, -0.25) is 9.59 Å². The van der Waals surface area contributed by atoms with Crippen molar-refractivity contribution < 1.29 is 14.7 Å². The van der Waals surface area contributed by atoms with Crippen LogP contribution in [-0.4, -0.2) is 46.0 Å². The maximum absolute atomic E-state index is 12.0. The number of nitrogens with zero attached hydrogens (tertiary/aromatic N) is 2. The molecule has 1 aliphatic heterocycles. The number of primary amides is 1. The van der Waals surface area contributed by atoms with Gasteiger partial charge < -0.3 is 21.5 Å². The maximum Gasteiger partial charge on any atom is 0.269 e. The monoisotopic (exact) mass is 350 g/mol. The Bertz CT molecular complexity index is 961. The molecule has 3 rings (SSSR count). The molecule has 1 atom stereocenters. The van der Waals surface area contributed by atoms with Crippen LogP contribution in [0.5, 0.6) is 0 Å². The highest BCUT2D eigenvalue weighted by Crippen LogP contribution is 2.23. The van der Waals surface area contributed by atoms with Gasteiger partial charge in [-0.15, -0.1) is 0 Å². The van der Waals surface area contributed by atoms with E-state index in [-0.39, 0.29) is 17.8 Å². The smallest absolute Gasteiger partial charge is 0.269 e. The molecule has 0 radical (unpaired) electrons. The Morgan fingerprint density at radius 1 is 1.35 bits per heavy atom. The van der Waals surface area contributed by atoms with Crippen LogP contribution in [0.15, 0.2) is 36.4 Å². The standard InChI is InChI=1S/C19H18N4O3/c1-23-10-9-19(26,18(23)25)8-7-12-3-2-4-13(11-12)15-6-5-14(20)16(22-15)17(21)24/h2-6,11,26H,9-10,20H2,1H3,(H2,21,24)/t19-/m0/s1. The van der Waals surface area contributed by atoms with Gasteiger partial charge in [0.05, 0.1) is 11.4 Å². The van der Waals surface area contributed by atoms with E-state index in [9.17, 15) is 14.7 Å². The lowest BCUT2D eigenvalue weighted by Crippen LogP contribution is -2.37. The summed E-state index contributed by atoms with van der Waals surface area (Å²) in [6.45, 7) is 0.468. The van der Waals surface area contributed by atoms with Gasteiger partial charge in [0.1, 0.15) is 0 Å². The normalized spacial score (nSPS) is 19.2. The molecular weight excluding hydrogens is 332 g/mol. The Morgan fingerprint density at radius 3 is 2.77 bits per heavy atom. The molecule has 7 nitrogen and oxygen atoms in total. The van der Waals surface area contributed by atoms with E-state index < -0.39 is 17.4 Å². The zero-order chi connectivity index (χ0) is 18.9. The molecule has 2 heterocycles. The number of hydrogen-bond acceptors (Lipinski definition) is 5. The minimum atomic E-state index is -1.65. The number of benzene rings is 1. The maximum atomic E-state index is 12.0. The minimum Gasteiger partial charge on any atom is -0.397 e. The van der Waals surface area contributed by atoms with E-state index >= 15 is 0 Å². The molecule has 0 aliphatic carbocycles. The van der Waals surface area contributed by atoms with Crippen LogP contribution in [0.3, 0.4) is 0 Å². The fourth-order valence-electron chi connectivity index (χ4n) is 2.73. The number of carbonyl (C=O) groups is 2. The zero-order valence-corrected chi connectivity index (χ0v) is 14.2. The van der Waals surface area contributed by atoms with E-state index in [1.807, 2.05) is 0 Å². The van der Waals surface area contributed by atoms with Gasteiger partial charge in [0.15, 0.2) is 5.69 Å². The molecule has 0 spiro atoms. The molecular formula is C19H18N4O3. The van der Waals surface area contributed by atoms with E-state index in [2.05, 4.69) is 16.8 Å². The molecule has 2 aromatic rings. The number of anilines is 1. The van der Waals surface area contributed by atoms with Crippen molar-refractivity contribution >= 4 is 17.5 Å². The number of aliphatic hydroxyl groups is 1. The van der Waals surface area contributed by atoms with E-state index in [0.717, 1.165) is 0 Å². The number of hydrogen-bond donors (Lipinski definition) is 3. The van der Waals surface area contributed by atoms with Crippen LogP contribution in [-0.2, 0) is 4.79 Å². The van der Waals surface area contributed by atoms with Crippen molar-refractivity contribution in [3.63, 3.8) is 0 Å². The van der Waals surface area contributed by atoms with Crippen molar-refractivity contribution in [3.8, 4) is 23.1 Å². The van der Waals surface area contributed by atoms with Crippen LogP contribution in [0.2, 0.25) is 0 Å². The van der Waals surface area contributed by atoms with Crippen molar-refractivity contribution in [2.24, 2.45) is 5.73 Å². The quantitative estimate of drug-likeness (QED) is 0.676. The van der Waals surface area contributed by atoms with Crippen LogP contribution >= 0.6 is 0 Å². The number of aromatic nitrogens is 1. The van der Waals surface area contributed by atoms with Gasteiger partial charge in [-0.05, 0) is 24.3 Å². The number of likely N-dealkylation sites (tertiary alicyclic amines) is 1. The van der Waals surface area contributed by atoms with Gasteiger partial charge in [0.25, 0.3) is 11.8 Å². The fourth-order valence-corrected chi connectivity index (χ4v) is 2.73. The van der Waals surface area contributed by atoms with Crippen LogP contribution in [0.1, 0.15) is 22.5 Å². The average molecular weight is 350 g/mol. The molecule has 0 bridgehead atoms. The molecule has 1 aromatic heterocycles. The third kappa shape index (κ3) is 3.23. The van der Waals surface area contributed by atoms with Crippen molar-refractivity contribution in [1.82, 2.24) is 9.88 Å². The van der Waals surface area contributed by atoms with E-state index in [1.54, 1.807) is 43.4 Å². The number of nitrogens with two attached hydrogens (primary N) is 2. The van der Waals surface area contributed by atoms with Gasteiger partial charge in [-0.2, -0.15) is 0 Å². The molecule has 26 heavy (non-hydrogen) atoms. The molecule has 0 unspecified atom stereocenters. The van der Waals surface area contributed by atoms with E-state index in [1.165, 1.54) is 4.90 Å². The van der Waals surface area contributed by atoms with Crippen LogP contribution < -0.4 is 11.5 Å². The lowest BCUT2D eigenvalue weighted by Gasteiger charge is -2.13. The summed E-state index contributed by atoms with van der Waals surface area (Å²) in [5.74, 6) is 4.42. The Balaban J connectivity index is 1.93. The largest absolute Gasteiger partial charge is 0.397 e. The third-order valence-electron chi connectivity index (χ3n) is 4.24. The van der Waals surface area contributed by atoms with Crippen LogP contribution in [0, 0.1) is 11.8 Å². The number of rotatable bonds is 2. The second kappa shape index (κ2) is 6.50. The third-order valence-corrected chi connectivity index (χ3v) is 4.24. The van der Waals surface area contributed by atoms with Crippen molar-refractivity contribution in [3.05, 3.63) is 47.7 Å². The van der Waals surface area contributed by atoms with Gasteiger partial charge in [0, 0.05) is 31.1 Å². The van der Waals surface area contributed by atoms with Gasteiger partial charge in [-0.25, -0.2) is 4.98 Å². The summed E-state index contributed by atoms with van der Waals surface area (Å²) >= 11 is 0. The van der Waals surface area contributed by atoms with Gasteiger partial charge in [-0.1, -0.05) is 24.0 Å². The van der Waals surface area contributed by atoms with Crippen LogP contribution in [0.25, 0.3) is 11.3 Å². The van der Waals surface area contributed by atoms with Gasteiger partial charge in [0.2, 0.25) is 5.60 Å². The highest BCUT2D eigenvalue weighted by Gasteiger charge is 2.42. The molecule has 0 saturated carbocycles. The second-order valence-corrected chi connectivity index (χ2v) is 6.17. The summed E-state index contributed by atoms with van der Waals surface area (Å²) in [5.41, 5.74) is 11.4. The summed E-state index contributed by atoms with van der Waals surface area (Å²) in [7, 11) is 1.63. The molecule has 1 aliphatic rings. The number of likely N-dealkylation sites (N-methyl/N-ethyl adjacent to an activating group) is 1. The fraction of sp³-hybridized carbons (Fsp3) is 0.211. The highest BCUT2D eigenvalue weighted by atomic mass is 16.3. The van der Waals surface area contributed by atoms with Crippen molar-refractivity contribution in [2.75, 3.05) is 19.3 Å². The molecule has 7 heteroatoms. The lowest BCUT2D eigenvalue weighted by atomic mass is 10.0. The topological polar surface area (TPSA) is 123 Å². The van der Waals surface area contributed by atoms with Crippen molar-refractivity contribution in [1.29, 1.82) is 0 Å². The first kappa shape index (κ1) is 17.5. The number of amides is 2. The highest BCUT2D eigenvalue weighted by molar-refractivity contribution is 5.96. The molecule has 2 amide bonds. The molecule has 5 N–H and O–H groups in total. The summed E-state index contributed by atoms with van der Waals surface area (Å²) in [5, 5.41) is 10.4. The number of carbonyl (C=O) groups excluding carboxylic acids is 2. The van der Waals surface area contributed by atoms with E-state index in [4.69, 9.17) is 11.5 Å². The average Bonchev–Trinajstić information content (AvgIpc) is 2.88. The lowest BCUT2D eigenvalue weighted by molar-refractivity contribution is -0.137. The van der Waals surface area contributed by atoms with Crippen molar-refractivity contribution in [2.45, 2.75) is 12.0 Å². The number of pyridine rings is 1. The SMILES string of the molecule is CN1CC[C@@](O)(C#Cc2cccc(-c3ccc(N)c(C(N)=O)n3)c2)C1=O. The zero-order valence-electron chi connectivity index (χ0n) is 14.2. The first-order valence-corrected chi connectivity index (χ1v) is 7.98. The van der Waals surface area contributed by atoms with Crippen LogP contribution in [0.4, 0.5) is 5.69 Å². The molecule has 1 saturated heterocycles. The summed E-state index contributed by atoms with van der Waals surface area (Å²) in [6, 6.07) is 10.3. The predicted octanol–water partition coefficient (Wildman–Crippen LogP) is 0.374. The molecule has 1 fully saturated rings. The second-order valence-electron chi connectivity index (χ2n) is 6.17. The molecule has 1 aromatic carbocycles. The van der Waals surface area contributed by atoms with Gasteiger partial charge >= 0.3 is 0 Å². The Kier molecular flexibility index (Phi) is 4.36. The Hall–Kier alpha value is -3.37.